The van der Waals surface area contributed by atoms with Crippen molar-refractivity contribution in [3.8, 4) is 5.75 Å². The Balaban J connectivity index is 1.38. The molecule has 3 rings (SSSR count). The van der Waals surface area contributed by atoms with Gasteiger partial charge in [-0.25, -0.2) is 8.42 Å². The van der Waals surface area contributed by atoms with Gasteiger partial charge in [-0.05, 0) is 24.3 Å². The highest BCUT2D eigenvalue weighted by molar-refractivity contribution is 7.91. The normalized spacial score (nSPS) is 15.4. The van der Waals surface area contributed by atoms with Crippen molar-refractivity contribution in [2.45, 2.75) is 11.3 Å². The van der Waals surface area contributed by atoms with Crippen LogP contribution in [-0.4, -0.2) is 69.2 Å². The molecule has 0 aliphatic carbocycles. The van der Waals surface area contributed by atoms with Gasteiger partial charge in [0, 0.05) is 39.1 Å². The quantitative estimate of drug-likeness (QED) is 0.676. The zero-order valence-electron chi connectivity index (χ0n) is 15.9. The van der Waals surface area contributed by atoms with Gasteiger partial charge in [-0.3, -0.25) is 9.69 Å². The lowest BCUT2D eigenvalue weighted by Gasteiger charge is -2.34. The topological polar surface area (TPSA) is 66.9 Å². The Morgan fingerprint density at radius 1 is 0.893 bits per heavy atom. The number of hydrogen-bond acceptors (Lipinski definition) is 5. The molecular weight excluding hydrogens is 376 g/mol. The van der Waals surface area contributed by atoms with Crippen molar-refractivity contribution in [1.82, 2.24) is 9.80 Å². The smallest absolute Gasteiger partial charge is 0.223 e. The molecule has 6 nitrogen and oxygen atoms in total. The van der Waals surface area contributed by atoms with Gasteiger partial charge in [-0.2, -0.15) is 0 Å². The van der Waals surface area contributed by atoms with Gasteiger partial charge in [0.15, 0.2) is 9.84 Å². The second-order valence-electron chi connectivity index (χ2n) is 6.77. The molecule has 0 spiro atoms. The van der Waals surface area contributed by atoms with E-state index in [2.05, 4.69) is 4.90 Å². The molecule has 0 radical (unpaired) electrons. The summed E-state index contributed by atoms with van der Waals surface area (Å²) in [5.74, 6) is 0.608. The van der Waals surface area contributed by atoms with E-state index < -0.39 is 9.84 Å². The molecule has 2 aromatic rings. The van der Waals surface area contributed by atoms with E-state index >= 15 is 0 Å². The van der Waals surface area contributed by atoms with Crippen LogP contribution in [0.25, 0.3) is 0 Å². The maximum absolute atomic E-state index is 12.4. The Kier molecular flexibility index (Phi) is 7.06. The van der Waals surface area contributed by atoms with Gasteiger partial charge in [0.25, 0.3) is 0 Å². The van der Waals surface area contributed by atoms with E-state index in [0.29, 0.717) is 19.7 Å². The third kappa shape index (κ3) is 5.81. The molecule has 1 aliphatic heterocycles. The fourth-order valence-electron chi connectivity index (χ4n) is 3.16. The summed E-state index contributed by atoms with van der Waals surface area (Å²) >= 11 is 0. The molecule has 1 saturated heterocycles. The number of carbonyl (C=O) groups is 1. The number of benzene rings is 2. The zero-order chi connectivity index (χ0) is 19.8. The summed E-state index contributed by atoms with van der Waals surface area (Å²) in [5.41, 5.74) is 0. The van der Waals surface area contributed by atoms with Gasteiger partial charge in [-0.15, -0.1) is 0 Å². The molecule has 0 unspecified atom stereocenters. The van der Waals surface area contributed by atoms with Crippen LogP contribution in [0.3, 0.4) is 0 Å². The van der Waals surface area contributed by atoms with Crippen LogP contribution in [0.2, 0.25) is 0 Å². The second-order valence-corrected chi connectivity index (χ2v) is 8.88. The summed E-state index contributed by atoms with van der Waals surface area (Å²) in [7, 11) is -3.42. The van der Waals surface area contributed by atoms with Gasteiger partial charge < -0.3 is 9.64 Å². The number of sulfone groups is 1. The van der Waals surface area contributed by atoms with Gasteiger partial charge in [-0.1, -0.05) is 36.4 Å². The molecule has 150 valence electrons. The average molecular weight is 403 g/mol. The van der Waals surface area contributed by atoms with Crippen molar-refractivity contribution in [2.24, 2.45) is 0 Å². The van der Waals surface area contributed by atoms with Gasteiger partial charge in [0.05, 0.1) is 10.6 Å². The minimum atomic E-state index is -3.42. The molecule has 1 fully saturated rings. The maximum atomic E-state index is 12.4. The largest absolute Gasteiger partial charge is 0.492 e. The summed E-state index contributed by atoms with van der Waals surface area (Å²) in [6.45, 7) is 4.20. The van der Waals surface area contributed by atoms with Crippen LogP contribution in [0.4, 0.5) is 0 Å². The Morgan fingerprint density at radius 2 is 1.50 bits per heavy atom. The number of carbonyl (C=O) groups excluding carboxylic acids is 1. The molecule has 0 saturated carbocycles. The van der Waals surface area contributed by atoms with Crippen molar-refractivity contribution in [2.75, 3.05) is 45.1 Å². The number of para-hydroxylation sites is 1. The van der Waals surface area contributed by atoms with E-state index in [1.165, 1.54) is 0 Å². The van der Waals surface area contributed by atoms with E-state index in [-0.39, 0.29) is 23.0 Å². The lowest BCUT2D eigenvalue weighted by Crippen LogP contribution is -2.49. The van der Waals surface area contributed by atoms with Crippen LogP contribution < -0.4 is 4.74 Å². The Bertz CT molecular complexity index is 848. The lowest BCUT2D eigenvalue weighted by atomic mass is 10.3. The molecular formula is C21H26N2O4S. The Labute approximate surface area is 166 Å². The van der Waals surface area contributed by atoms with Crippen molar-refractivity contribution >= 4 is 15.7 Å². The lowest BCUT2D eigenvalue weighted by molar-refractivity contribution is -0.132. The summed E-state index contributed by atoms with van der Waals surface area (Å²) < 4.78 is 30.3. The molecule has 2 aromatic carbocycles. The molecule has 0 aromatic heterocycles. The number of rotatable bonds is 8. The van der Waals surface area contributed by atoms with E-state index in [9.17, 15) is 13.2 Å². The van der Waals surface area contributed by atoms with E-state index in [1.54, 1.807) is 35.2 Å². The molecule has 7 heteroatoms. The summed E-state index contributed by atoms with van der Waals surface area (Å²) in [5, 5.41) is 0. The minimum absolute atomic E-state index is 0.0222. The third-order valence-corrected chi connectivity index (χ3v) is 6.56. The Morgan fingerprint density at radius 3 is 2.14 bits per heavy atom. The van der Waals surface area contributed by atoms with Crippen LogP contribution in [0.15, 0.2) is 65.6 Å². The highest BCUT2D eigenvalue weighted by Crippen LogP contribution is 2.13. The minimum Gasteiger partial charge on any atom is -0.492 e. The first-order valence-corrected chi connectivity index (χ1v) is 11.2. The zero-order valence-corrected chi connectivity index (χ0v) is 16.7. The number of amides is 1. The van der Waals surface area contributed by atoms with Gasteiger partial charge in [0.2, 0.25) is 5.91 Å². The molecule has 1 heterocycles. The summed E-state index contributed by atoms with van der Waals surface area (Å²) in [6.07, 6.45) is 0.0222. The number of ether oxygens (including phenoxy) is 1. The molecule has 1 aliphatic rings. The van der Waals surface area contributed by atoms with Crippen LogP contribution >= 0.6 is 0 Å². The first-order chi connectivity index (χ1) is 13.5. The predicted octanol–water partition coefficient (Wildman–Crippen LogP) is 2.07. The van der Waals surface area contributed by atoms with Gasteiger partial charge >= 0.3 is 0 Å². The van der Waals surface area contributed by atoms with E-state index in [0.717, 1.165) is 25.4 Å². The van der Waals surface area contributed by atoms with Crippen LogP contribution in [0.1, 0.15) is 6.42 Å². The van der Waals surface area contributed by atoms with E-state index in [1.807, 2.05) is 30.3 Å². The Hall–Kier alpha value is -2.38. The maximum Gasteiger partial charge on any atom is 0.223 e. The van der Waals surface area contributed by atoms with Crippen molar-refractivity contribution in [3.63, 3.8) is 0 Å². The fraction of sp³-hybridized carbons (Fsp3) is 0.381. The van der Waals surface area contributed by atoms with Crippen molar-refractivity contribution in [1.29, 1.82) is 0 Å². The van der Waals surface area contributed by atoms with Gasteiger partial charge in [0.1, 0.15) is 12.4 Å². The molecule has 1 amide bonds. The second kappa shape index (κ2) is 9.71. The fourth-order valence-corrected chi connectivity index (χ4v) is 4.41. The SMILES string of the molecule is O=C(CCS(=O)(=O)c1ccccc1)N1CCN(CCOc2ccccc2)CC1. The molecule has 28 heavy (non-hydrogen) atoms. The summed E-state index contributed by atoms with van der Waals surface area (Å²) in [6, 6.07) is 18.0. The van der Waals surface area contributed by atoms with Crippen LogP contribution in [0.5, 0.6) is 5.75 Å². The van der Waals surface area contributed by atoms with Crippen LogP contribution in [-0.2, 0) is 14.6 Å². The van der Waals surface area contributed by atoms with Crippen molar-refractivity contribution in [3.05, 3.63) is 60.7 Å². The average Bonchev–Trinajstić information content (AvgIpc) is 2.74. The molecule has 0 atom stereocenters. The highest BCUT2D eigenvalue weighted by Gasteiger charge is 2.23. The predicted molar refractivity (Wildman–Crippen MR) is 108 cm³/mol. The number of piperazine rings is 1. The monoisotopic (exact) mass is 402 g/mol. The first kappa shape index (κ1) is 20.4. The van der Waals surface area contributed by atoms with Crippen LogP contribution in [0, 0.1) is 0 Å². The number of hydrogen-bond donors (Lipinski definition) is 0. The highest BCUT2D eigenvalue weighted by atomic mass is 32.2. The molecule has 0 bridgehead atoms. The summed E-state index contributed by atoms with van der Waals surface area (Å²) in [4.78, 5) is 16.7. The number of nitrogens with zero attached hydrogens (tertiary/aromatic N) is 2. The molecule has 0 N–H and O–H groups in total. The standard InChI is InChI=1S/C21H26N2O4S/c24-21(11-18-28(25,26)20-9-5-2-6-10-20)23-14-12-22(13-15-23)16-17-27-19-7-3-1-4-8-19/h1-10H,11-18H2. The first-order valence-electron chi connectivity index (χ1n) is 9.50. The van der Waals surface area contributed by atoms with Crippen molar-refractivity contribution < 1.29 is 17.9 Å². The third-order valence-electron chi connectivity index (χ3n) is 4.83. The van der Waals surface area contributed by atoms with E-state index in [4.69, 9.17) is 4.74 Å².